The van der Waals surface area contributed by atoms with E-state index in [0.29, 0.717) is 6.42 Å². The molecule has 0 spiro atoms. The molecule has 1 aliphatic heterocycles. The molecule has 0 radical (unpaired) electrons. The van der Waals surface area contributed by atoms with E-state index in [2.05, 4.69) is 31.2 Å². The minimum atomic E-state index is -0.596. The Hall–Kier alpha value is -0.900. The highest BCUT2D eigenvalue weighted by atomic mass is 16.3. The van der Waals surface area contributed by atoms with Crippen molar-refractivity contribution in [2.45, 2.75) is 31.8 Å². The maximum Gasteiger partial charge on any atom is 0.0956 e. The van der Waals surface area contributed by atoms with Crippen LogP contribution in [0.1, 0.15) is 24.0 Å². The Morgan fingerprint density at radius 1 is 1.18 bits per heavy atom. The molecule has 3 heteroatoms. The van der Waals surface area contributed by atoms with E-state index >= 15 is 0 Å². The lowest BCUT2D eigenvalue weighted by Gasteiger charge is -2.37. The summed E-state index contributed by atoms with van der Waals surface area (Å²) in [4.78, 5) is 1.96. The van der Waals surface area contributed by atoms with E-state index in [4.69, 9.17) is 5.11 Å². The van der Waals surface area contributed by atoms with Gasteiger partial charge in [-0.1, -0.05) is 29.8 Å². The number of piperidine rings is 1. The maximum absolute atomic E-state index is 10.5. The van der Waals surface area contributed by atoms with Gasteiger partial charge in [0.05, 0.1) is 12.3 Å². The third kappa shape index (κ3) is 3.28. The van der Waals surface area contributed by atoms with Crippen LogP contribution in [0.3, 0.4) is 0 Å². The van der Waals surface area contributed by atoms with Crippen LogP contribution in [0.25, 0.3) is 0 Å². The van der Waals surface area contributed by atoms with E-state index in [1.807, 2.05) is 4.90 Å². The molecule has 94 valence electrons. The van der Waals surface area contributed by atoms with Crippen molar-refractivity contribution in [1.82, 2.24) is 4.90 Å². The van der Waals surface area contributed by atoms with Crippen LogP contribution >= 0.6 is 0 Å². The Balaban J connectivity index is 1.96. The molecule has 3 nitrogen and oxygen atoms in total. The van der Waals surface area contributed by atoms with Gasteiger partial charge in [0, 0.05) is 19.5 Å². The van der Waals surface area contributed by atoms with Gasteiger partial charge in [-0.15, -0.1) is 0 Å². The summed E-state index contributed by atoms with van der Waals surface area (Å²) in [6.07, 6.45) is 2.19. The topological polar surface area (TPSA) is 43.7 Å². The molecule has 0 atom stereocenters. The summed E-state index contributed by atoms with van der Waals surface area (Å²) in [7, 11) is 0. The molecule has 17 heavy (non-hydrogen) atoms. The zero-order valence-electron chi connectivity index (χ0n) is 10.4. The minimum Gasteiger partial charge on any atom is -0.389 e. The molecule has 0 amide bonds. The zero-order valence-corrected chi connectivity index (χ0v) is 10.4. The first kappa shape index (κ1) is 12.6. The molecular weight excluding hydrogens is 214 g/mol. The molecule has 1 fully saturated rings. The van der Waals surface area contributed by atoms with E-state index < -0.39 is 5.60 Å². The lowest BCUT2D eigenvalue weighted by molar-refractivity contribution is -0.0390. The number of rotatable bonds is 3. The normalized spacial score (nSPS) is 20.4. The summed E-state index contributed by atoms with van der Waals surface area (Å²) in [5.41, 5.74) is 1.84. The Labute approximate surface area is 103 Å². The number of likely N-dealkylation sites (tertiary alicyclic amines) is 1. The third-order valence-corrected chi connectivity index (χ3v) is 3.64. The number of hydrogen-bond donors (Lipinski definition) is 2. The van der Waals surface area contributed by atoms with Crippen molar-refractivity contribution < 1.29 is 10.2 Å². The average Bonchev–Trinajstić information content (AvgIpc) is 2.33. The highest BCUT2D eigenvalue weighted by Gasteiger charge is 2.31. The van der Waals surface area contributed by atoms with E-state index in [0.717, 1.165) is 25.9 Å². The molecule has 0 aromatic heterocycles. The van der Waals surface area contributed by atoms with E-state index in [1.165, 1.54) is 11.1 Å². The lowest BCUT2D eigenvalue weighted by Crippen LogP contribution is -2.45. The van der Waals surface area contributed by atoms with E-state index in [9.17, 15) is 5.11 Å². The summed E-state index contributed by atoms with van der Waals surface area (Å²) in [5, 5.41) is 19.5. The van der Waals surface area contributed by atoms with Gasteiger partial charge in [0.25, 0.3) is 0 Å². The van der Waals surface area contributed by atoms with Gasteiger partial charge >= 0.3 is 0 Å². The third-order valence-electron chi connectivity index (χ3n) is 3.64. The van der Waals surface area contributed by atoms with Crippen molar-refractivity contribution in [3.8, 4) is 0 Å². The number of benzene rings is 1. The highest BCUT2D eigenvalue weighted by Crippen LogP contribution is 2.26. The number of nitrogens with zero attached hydrogens (tertiary/aromatic N) is 1. The van der Waals surface area contributed by atoms with Gasteiger partial charge in [-0.25, -0.2) is 0 Å². The van der Waals surface area contributed by atoms with Crippen molar-refractivity contribution in [2.75, 3.05) is 19.8 Å². The second kappa shape index (κ2) is 5.17. The first-order valence-corrected chi connectivity index (χ1v) is 6.22. The maximum atomic E-state index is 10.5. The number of aliphatic hydroxyl groups is 2. The van der Waals surface area contributed by atoms with Crippen LogP contribution in [0.2, 0.25) is 0 Å². The molecule has 1 aromatic carbocycles. The van der Waals surface area contributed by atoms with Crippen LogP contribution in [0.5, 0.6) is 0 Å². The van der Waals surface area contributed by atoms with Gasteiger partial charge in [-0.05, 0) is 25.3 Å². The Kier molecular flexibility index (Phi) is 3.82. The fraction of sp³-hybridized carbons (Fsp3) is 0.571. The summed E-state index contributed by atoms with van der Waals surface area (Å²) in [6.45, 7) is 3.72. The molecule has 0 unspecified atom stereocenters. The van der Waals surface area contributed by atoms with Crippen molar-refractivity contribution >= 4 is 0 Å². The lowest BCUT2D eigenvalue weighted by atomic mass is 9.85. The van der Waals surface area contributed by atoms with Gasteiger partial charge in [-0.2, -0.15) is 0 Å². The smallest absolute Gasteiger partial charge is 0.0956 e. The predicted octanol–water partition coefficient (Wildman–Crippen LogP) is 1.31. The van der Waals surface area contributed by atoms with Crippen LogP contribution < -0.4 is 0 Å². The fourth-order valence-electron chi connectivity index (χ4n) is 2.37. The standard InChI is InChI=1S/C14H21NO2/c1-12-2-4-13(5-3-12)10-14(17)6-8-15(11-16)9-7-14/h2-5,16-17H,6-11H2,1H3. The second-order valence-electron chi connectivity index (χ2n) is 5.15. The number of aryl methyl sites for hydroxylation is 1. The van der Waals surface area contributed by atoms with Gasteiger partial charge in [0.1, 0.15) is 0 Å². The van der Waals surface area contributed by atoms with Crippen LogP contribution in [0, 0.1) is 6.92 Å². The Morgan fingerprint density at radius 3 is 2.29 bits per heavy atom. The zero-order chi connectivity index (χ0) is 12.3. The molecule has 1 aliphatic rings. The quantitative estimate of drug-likeness (QED) is 0.830. The number of hydrogen-bond acceptors (Lipinski definition) is 3. The number of aliphatic hydroxyl groups excluding tert-OH is 1. The SMILES string of the molecule is Cc1ccc(CC2(O)CCN(CO)CC2)cc1. The molecule has 1 saturated heterocycles. The molecule has 0 bridgehead atoms. The van der Waals surface area contributed by atoms with E-state index in [1.54, 1.807) is 0 Å². The summed E-state index contributed by atoms with van der Waals surface area (Å²) < 4.78 is 0. The summed E-state index contributed by atoms with van der Waals surface area (Å²) in [5.74, 6) is 0. The second-order valence-corrected chi connectivity index (χ2v) is 5.15. The monoisotopic (exact) mass is 235 g/mol. The van der Waals surface area contributed by atoms with E-state index in [-0.39, 0.29) is 6.73 Å². The molecule has 1 aromatic rings. The Morgan fingerprint density at radius 2 is 1.76 bits per heavy atom. The van der Waals surface area contributed by atoms with Crippen molar-refractivity contribution in [1.29, 1.82) is 0 Å². The largest absolute Gasteiger partial charge is 0.389 e. The van der Waals surface area contributed by atoms with Crippen LogP contribution in [0.4, 0.5) is 0 Å². The summed E-state index contributed by atoms with van der Waals surface area (Å²) in [6, 6.07) is 8.35. The van der Waals surface area contributed by atoms with Crippen molar-refractivity contribution in [2.24, 2.45) is 0 Å². The van der Waals surface area contributed by atoms with Gasteiger partial charge < -0.3 is 10.2 Å². The van der Waals surface area contributed by atoms with Gasteiger partial charge in [0.2, 0.25) is 0 Å². The average molecular weight is 235 g/mol. The molecule has 1 heterocycles. The molecule has 0 aliphatic carbocycles. The van der Waals surface area contributed by atoms with Crippen molar-refractivity contribution in [3.05, 3.63) is 35.4 Å². The van der Waals surface area contributed by atoms with Crippen LogP contribution in [-0.4, -0.2) is 40.5 Å². The first-order valence-electron chi connectivity index (χ1n) is 6.22. The molecular formula is C14H21NO2. The molecule has 0 saturated carbocycles. The Bertz CT molecular complexity index is 353. The minimum absolute atomic E-state index is 0.0978. The van der Waals surface area contributed by atoms with Crippen LogP contribution in [-0.2, 0) is 6.42 Å². The van der Waals surface area contributed by atoms with Crippen molar-refractivity contribution in [3.63, 3.8) is 0 Å². The highest BCUT2D eigenvalue weighted by molar-refractivity contribution is 5.22. The van der Waals surface area contributed by atoms with Crippen LogP contribution in [0.15, 0.2) is 24.3 Å². The fourth-order valence-corrected chi connectivity index (χ4v) is 2.37. The van der Waals surface area contributed by atoms with Gasteiger partial charge in [0.15, 0.2) is 0 Å². The first-order chi connectivity index (χ1) is 8.11. The van der Waals surface area contributed by atoms with Gasteiger partial charge in [-0.3, -0.25) is 4.90 Å². The molecule has 2 N–H and O–H groups in total. The molecule has 2 rings (SSSR count). The summed E-state index contributed by atoms with van der Waals surface area (Å²) >= 11 is 0. The predicted molar refractivity (Wildman–Crippen MR) is 67.7 cm³/mol.